The lowest BCUT2D eigenvalue weighted by molar-refractivity contribution is -0.139. The lowest BCUT2D eigenvalue weighted by Crippen LogP contribution is -2.40. The number of carbonyl (C=O) groups excluding carboxylic acids is 1. The smallest absolute Gasteiger partial charge is 0.326 e. The Labute approximate surface area is 153 Å². The lowest BCUT2D eigenvalue weighted by atomic mass is 10.1. The van der Waals surface area contributed by atoms with Crippen molar-refractivity contribution in [1.82, 2.24) is 9.88 Å². The standard InChI is InChI=1S/C20H26N2O4/c1-5-6-7-17(20(24)25)21-19(23)15-8-9-18-16(12-15)13(2)14(3)22(18)10-11-26-4/h5-6,8-9,12,17H,7,10-11H2,1-4H3,(H,21,23)(H,24,25)/b6-5+. The van der Waals surface area contributed by atoms with Gasteiger partial charge >= 0.3 is 5.97 Å². The molecule has 1 heterocycles. The first kappa shape index (κ1) is 19.7. The number of methoxy groups -OCH3 is 1. The third kappa shape index (κ3) is 4.14. The van der Waals surface area contributed by atoms with Gasteiger partial charge in [0, 0.05) is 35.8 Å². The number of aliphatic carboxylic acids is 1. The minimum absolute atomic E-state index is 0.255. The molecule has 2 N–H and O–H groups in total. The Kier molecular flexibility index (Phi) is 6.58. The van der Waals surface area contributed by atoms with Crippen LogP contribution in [0.1, 0.15) is 35.0 Å². The van der Waals surface area contributed by atoms with Crippen LogP contribution in [0, 0.1) is 13.8 Å². The van der Waals surface area contributed by atoms with Gasteiger partial charge in [0.15, 0.2) is 0 Å². The second-order valence-corrected chi connectivity index (χ2v) is 6.26. The summed E-state index contributed by atoms with van der Waals surface area (Å²) in [6, 6.07) is 4.52. The first-order valence-corrected chi connectivity index (χ1v) is 8.63. The average Bonchev–Trinajstić information content (AvgIpc) is 2.86. The molecule has 0 bridgehead atoms. The van der Waals surface area contributed by atoms with Gasteiger partial charge in [-0.25, -0.2) is 4.79 Å². The molecular weight excluding hydrogens is 332 g/mol. The van der Waals surface area contributed by atoms with Gasteiger partial charge in [0.1, 0.15) is 6.04 Å². The Morgan fingerprint density at radius 1 is 1.35 bits per heavy atom. The number of carbonyl (C=O) groups is 2. The van der Waals surface area contributed by atoms with Gasteiger partial charge in [-0.3, -0.25) is 4.79 Å². The van der Waals surface area contributed by atoms with Crippen molar-refractivity contribution in [3.05, 3.63) is 47.2 Å². The van der Waals surface area contributed by atoms with E-state index in [1.807, 2.05) is 32.9 Å². The Morgan fingerprint density at radius 2 is 2.08 bits per heavy atom. The van der Waals surface area contributed by atoms with Crippen molar-refractivity contribution in [3.8, 4) is 0 Å². The highest BCUT2D eigenvalue weighted by atomic mass is 16.5. The number of rotatable bonds is 8. The largest absolute Gasteiger partial charge is 0.480 e. The Balaban J connectivity index is 2.31. The molecule has 0 aliphatic rings. The Bertz CT molecular complexity index is 836. The number of fused-ring (bicyclic) bond motifs is 1. The van der Waals surface area contributed by atoms with Crippen molar-refractivity contribution in [2.24, 2.45) is 0 Å². The Morgan fingerprint density at radius 3 is 2.69 bits per heavy atom. The van der Waals surface area contributed by atoms with Crippen molar-refractivity contribution in [3.63, 3.8) is 0 Å². The van der Waals surface area contributed by atoms with Crippen LogP contribution in [0.4, 0.5) is 0 Å². The molecule has 0 aliphatic heterocycles. The van der Waals surface area contributed by atoms with Gasteiger partial charge in [-0.2, -0.15) is 0 Å². The minimum Gasteiger partial charge on any atom is -0.480 e. The second kappa shape index (κ2) is 8.67. The molecule has 2 aromatic rings. The number of nitrogens with zero attached hydrogens (tertiary/aromatic N) is 1. The molecule has 1 atom stereocenters. The highest BCUT2D eigenvalue weighted by Crippen LogP contribution is 2.26. The van der Waals surface area contributed by atoms with Gasteiger partial charge in [0.2, 0.25) is 0 Å². The Hall–Kier alpha value is -2.60. The van der Waals surface area contributed by atoms with Gasteiger partial charge in [-0.05, 0) is 51.0 Å². The molecular formula is C20H26N2O4. The molecule has 26 heavy (non-hydrogen) atoms. The average molecular weight is 358 g/mol. The summed E-state index contributed by atoms with van der Waals surface area (Å²) in [5, 5.41) is 12.9. The van der Waals surface area contributed by atoms with E-state index in [1.165, 1.54) is 0 Å². The van der Waals surface area contributed by atoms with Crippen LogP contribution in [0.15, 0.2) is 30.4 Å². The summed E-state index contributed by atoms with van der Waals surface area (Å²) in [6.07, 6.45) is 3.75. The van der Waals surface area contributed by atoms with Crippen LogP contribution in [0.3, 0.4) is 0 Å². The van der Waals surface area contributed by atoms with Crippen LogP contribution in [0.5, 0.6) is 0 Å². The fourth-order valence-corrected chi connectivity index (χ4v) is 3.00. The molecule has 0 spiro atoms. The first-order chi connectivity index (χ1) is 12.4. The normalized spacial score (nSPS) is 12.6. The number of aryl methyl sites for hydroxylation is 1. The van der Waals surface area contributed by atoms with Crippen molar-refractivity contribution < 1.29 is 19.4 Å². The number of hydrogen-bond acceptors (Lipinski definition) is 3. The number of allylic oxidation sites excluding steroid dienone is 1. The van der Waals surface area contributed by atoms with Gasteiger partial charge in [-0.1, -0.05) is 12.2 Å². The van der Waals surface area contributed by atoms with Crippen LogP contribution < -0.4 is 5.32 Å². The van der Waals surface area contributed by atoms with Gasteiger partial charge in [-0.15, -0.1) is 0 Å². The highest BCUT2D eigenvalue weighted by molar-refractivity contribution is 6.00. The highest BCUT2D eigenvalue weighted by Gasteiger charge is 2.20. The third-order valence-electron chi connectivity index (χ3n) is 4.63. The monoisotopic (exact) mass is 358 g/mol. The van der Waals surface area contributed by atoms with Crippen LogP contribution in [0.2, 0.25) is 0 Å². The SMILES string of the molecule is C/C=C/CC(NC(=O)c1ccc2c(c1)c(C)c(C)n2CCOC)C(=O)O. The first-order valence-electron chi connectivity index (χ1n) is 8.63. The summed E-state index contributed by atoms with van der Waals surface area (Å²) in [4.78, 5) is 23.8. The number of ether oxygens (including phenoxy) is 1. The number of carboxylic acid groups (broad SMARTS) is 1. The summed E-state index contributed by atoms with van der Waals surface area (Å²) in [6.45, 7) is 7.23. The van der Waals surface area contributed by atoms with Crippen molar-refractivity contribution in [2.45, 2.75) is 39.8 Å². The predicted molar refractivity (Wildman–Crippen MR) is 102 cm³/mol. The topological polar surface area (TPSA) is 80.6 Å². The zero-order valence-electron chi connectivity index (χ0n) is 15.7. The van der Waals surface area contributed by atoms with E-state index in [2.05, 4.69) is 9.88 Å². The van der Waals surface area contributed by atoms with Crippen LogP contribution in [-0.2, 0) is 16.1 Å². The van der Waals surface area contributed by atoms with E-state index in [9.17, 15) is 14.7 Å². The molecule has 0 fully saturated rings. The van der Waals surface area contributed by atoms with Gasteiger partial charge in [0.05, 0.1) is 6.61 Å². The molecule has 1 aromatic carbocycles. The number of hydrogen-bond donors (Lipinski definition) is 2. The van der Waals surface area contributed by atoms with E-state index in [1.54, 1.807) is 25.3 Å². The summed E-state index contributed by atoms with van der Waals surface area (Å²) in [7, 11) is 1.67. The van der Waals surface area contributed by atoms with Gasteiger partial charge in [0.25, 0.3) is 5.91 Å². The molecule has 0 radical (unpaired) electrons. The molecule has 6 heteroatoms. The van der Waals surface area contributed by atoms with E-state index >= 15 is 0 Å². The predicted octanol–water partition coefficient (Wildman–Crippen LogP) is 3.05. The molecule has 1 aromatic heterocycles. The molecule has 0 saturated carbocycles. The molecule has 1 amide bonds. The molecule has 140 valence electrons. The maximum absolute atomic E-state index is 12.5. The summed E-state index contributed by atoms with van der Waals surface area (Å²) in [5.74, 6) is -1.43. The quantitative estimate of drug-likeness (QED) is 0.711. The summed E-state index contributed by atoms with van der Waals surface area (Å²) >= 11 is 0. The molecule has 6 nitrogen and oxygen atoms in total. The molecule has 0 aliphatic carbocycles. The summed E-state index contributed by atoms with van der Waals surface area (Å²) in [5.41, 5.74) is 3.73. The van der Waals surface area contributed by atoms with Crippen LogP contribution in [0.25, 0.3) is 10.9 Å². The fraction of sp³-hybridized carbons (Fsp3) is 0.400. The van der Waals surface area contributed by atoms with Crippen molar-refractivity contribution >= 4 is 22.8 Å². The van der Waals surface area contributed by atoms with E-state index < -0.39 is 12.0 Å². The van der Waals surface area contributed by atoms with E-state index in [4.69, 9.17) is 4.74 Å². The zero-order valence-corrected chi connectivity index (χ0v) is 15.7. The zero-order chi connectivity index (χ0) is 19.3. The molecule has 2 rings (SSSR count). The van der Waals surface area contributed by atoms with Crippen LogP contribution >= 0.6 is 0 Å². The number of carboxylic acids is 1. The number of benzene rings is 1. The van der Waals surface area contributed by atoms with Crippen molar-refractivity contribution in [2.75, 3.05) is 13.7 Å². The molecule has 1 unspecified atom stereocenters. The van der Waals surface area contributed by atoms with E-state index in [0.717, 1.165) is 28.7 Å². The van der Waals surface area contributed by atoms with Crippen LogP contribution in [-0.4, -0.2) is 41.3 Å². The van der Waals surface area contributed by atoms with Crippen molar-refractivity contribution in [1.29, 1.82) is 0 Å². The minimum atomic E-state index is -1.05. The second-order valence-electron chi connectivity index (χ2n) is 6.26. The van der Waals surface area contributed by atoms with E-state index in [0.29, 0.717) is 12.2 Å². The molecule has 0 saturated heterocycles. The number of amides is 1. The van der Waals surface area contributed by atoms with E-state index in [-0.39, 0.29) is 12.3 Å². The third-order valence-corrected chi connectivity index (χ3v) is 4.63. The maximum atomic E-state index is 12.5. The summed E-state index contributed by atoms with van der Waals surface area (Å²) < 4.78 is 7.34. The fourth-order valence-electron chi connectivity index (χ4n) is 3.00. The maximum Gasteiger partial charge on any atom is 0.326 e. The lowest BCUT2D eigenvalue weighted by Gasteiger charge is -2.13. The van der Waals surface area contributed by atoms with Gasteiger partial charge < -0.3 is 19.7 Å². The number of aromatic nitrogens is 1. The number of nitrogens with one attached hydrogen (secondary N) is 1.